The van der Waals surface area contributed by atoms with Gasteiger partial charge < -0.3 is 15.7 Å². The summed E-state index contributed by atoms with van der Waals surface area (Å²) in [7, 11) is 0. The number of nitrogens with zero attached hydrogens (tertiary/aromatic N) is 1. The summed E-state index contributed by atoms with van der Waals surface area (Å²) in [5.74, 6) is -0.819. The maximum Gasteiger partial charge on any atom is 0.168 e. The van der Waals surface area contributed by atoms with Gasteiger partial charge in [-0.05, 0) is 38.5 Å². The SMILES string of the molecule is CCNc1nc(NC2(CO)CCC(C)CC2)c(F)cc1F. The Balaban J connectivity index is 2.22. The molecule has 0 amide bonds. The van der Waals surface area contributed by atoms with Gasteiger partial charge in [0.15, 0.2) is 23.3 Å². The number of pyridine rings is 1. The van der Waals surface area contributed by atoms with Gasteiger partial charge in [0.25, 0.3) is 0 Å². The largest absolute Gasteiger partial charge is 0.394 e. The lowest BCUT2D eigenvalue weighted by Gasteiger charge is -2.39. The van der Waals surface area contributed by atoms with E-state index < -0.39 is 17.2 Å². The fraction of sp³-hybridized carbons (Fsp3) is 0.667. The van der Waals surface area contributed by atoms with Crippen molar-refractivity contribution in [3.63, 3.8) is 0 Å². The molecule has 0 unspecified atom stereocenters. The molecule has 0 spiro atoms. The average molecular weight is 299 g/mol. The standard InChI is InChI=1S/C15H23F2N3O/c1-3-18-13-11(16)8-12(17)14(19-13)20-15(9-21)6-4-10(2)5-7-15/h8,10,21H,3-7,9H2,1-2H3,(H2,18,19,20). The number of anilines is 2. The van der Waals surface area contributed by atoms with Crippen molar-refractivity contribution in [2.45, 2.75) is 45.1 Å². The molecule has 6 heteroatoms. The molecule has 2 rings (SSSR count). The van der Waals surface area contributed by atoms with Gasteiger partial charge in [0.2, 0.25) is 0 Å². The summed E-state index contributed by atoms with van der Waals surface area (Å²) in [6, 6.07) is 0.823. The molecule has 0 radical (unpaired) electrons. The van der Waals surface area contributed by atoms with Gasteiger partial charge in [0, 0.05) is 12.6 Å². The first kappa shape index (κ1) is 15.9. The molecule has 1 aliphatic carbocycles. The molecular formula is C15H23F2N3O. The fourth-order valence-corrected chi connectivity index (χ4v) is 2.73. The number of aliphatic hydroxyl groups is 1. The summed E-state index contributed by atoms with van der Waals surface area (Å²) >= 11 is 0. The molecule has 0 aliphatic heterocycles. The number of hydrogen-bond acceptors (Lipinski definition) is 4. The van der Waals surface area contributed by atoms with Gasteiger partial charge in [0.1, 0.15) is 0 Å². The fourth-order valence-electron chi connectivity index (χ4n) is 2.73. The van der Waals surface area contributed by atoms with Crippen molar-refractivity contribution in [3.8, 4) is 0 Å². The van der Waals surface area contributed by atoms with Gasteiger partial charge in [0.05, 0.1) is 12.1 Å². The van der Waals surface area contributed by atoms with Crippen LogP contribution in [0, 0.1) is 17.6 Å². The summed E-state index contributed by atoms with van der Waals surface area (Å²) in [5, 5.41) is 15.5. The van der Waals surface area contributed by atoms with Crippen molar-refractivity contribution in [2.24, 2.45) is 5.92 Å². The molecule has 0 aromatic carbocycles. The number of halogens is 2. The number of aliphatic hydroxyl groups excluding tert-OH is 1. The first-order valence-electron chi connectivity index (χ1n) is 7.48. The Kier molecular flexibility index (Phi) is 4.98. The highest BCUT2D eigenvalue weighted by Gasteiger charge is 2.34. The third-order valence-electron chi connectivity index (χ3n) is 4.19. The van der Waals surface area contributed by atoms with Crippen LogP contribution in [0.4, 0.5) is 20.4 Å². The summed E-state index contributed by atoms with van der Waals surface area (Å²) in [5.41, 5.74) is -0.568. The van der Waals surface area contributed by atoms with Crippen LogP contribution in [0.25, 0.3) is 0 Å². The van der Waals surface area contributed by atoms with Crippen molar-refractivity contribution >= 4 is 11.6 Å². The molecule has 1 aromatic rings. The van der Waals surface area contributed by atoms with E-state index in [1.54, 1.807) is 0 Å². The minimum atomic E-state index is -0.736. The maximum absolute atomic E-state index is 13.9. The van der Waals surface area contributed by atoms with E-state index in [0.717, 1.165) is 31.7 Å². The van der Waals surface area contributed by atoms with Gasteiger partial charge in [-0.2, -0.15) is 0 Å². The van der Waals surface area contributed by atoms with Crippen molar-refractivity contribution in [1.29, 1.82) is 0 Å². The summed E-state index contributed by atoms with van der Waals surface area (Å²) in [6.45, 7) is 4.39. The monoisotopic (exact) mass is 299 g/mol. The molecular weight excluding hydrogens is 276 g/mol. The summed E-state index contributed by atoms with van der Waals surface area (Å²) < 4.78 is 27.5. The predicted octanol–water partition coefficient (Wildman–Crippen LogP) is 3.14. The van der Waals surface area contributed by atoms with Gasteiger partial charge in [-0.3, -0.25) is 0 Å². The zero-order chi connectivity index (χ0) is 15.5. The van der Waals surface area contributed by atoms with Crippen LogP contribution < -0.4 is 10.6 Å². The van der Waals surface area contributed by atoms with Crippen LogP contribution in [0.2, 0.25) is 0 Å². The Morgan fingerprint density at radius 1 is 1.29 bits per heavy atom. The highest BCUT2D eigenvalue weighted by Crippen LogP contribution is 2.35. The number of rotatable bonds is 5. The van der Waals surface area contributed by atoms with E-state index in [2.05, 4.69) is 22.5 Å². The van der Waals surface area contributed by atoms with Crippen LogP contribution in [0.15, 0.2) is 6.07 Å². The van der Waals surface area contributed by atoms with Crippen LogP contribution in [0.3, 0.4) is 0 Å². The molecule has 1 fully saturated rings. The smallest absolute Gasteiger partial charge is 0.168 e. The third-order valence-corrected chi connectivity index (χ3v) is 4.19. The number of hydrogen-bond donors (Lipinski definition) is 3. The van der Waals surface area contributed by atoms with E-state index in [0.29, 0.717) is 12.5 Å². The Hall–Kier alpha value is -1.43. The Bertz CT molecular complexity index is 488. The molecule has 1 saturated carbocycles. The number of aromatic nitrogens is 1. The van der Waals surface area contributed by atoms with Crippen molar-refractivity contribution < 1.29 is 13.9 Å². The zero-order valence-electron chi connectivity index (χ0n) is 12.5. The van der Waals surface area contributed by atoms with E-state index in [-0.39, 0.29) is 18.2 Å². The molecule has 0 saturated heterocycles. The highest BCUT2D eigenvalue weighted by molar-refractivity contribution is 5.49. The van der Waals surface area contributed by atoms with Gasteiger partial charge in [-0.1, -0.05) is 6.92 Å². The first-order chi connectivity index (χ1) is 9.99. The lowest BCUT2D eigenvalue weighted by atomic mass is 9.77. The number of nitrogens with one attached hydrogen (secondary N) is 2. The van der Waals surface area contributed by atoms with Crippen LogP contribution in [0.1, 0.15) is 39.5 Å². The summed E-state index contributed by atoms with van der Waals surface area (Å²) in [4.78, 5) is 3.98. The minimum absolute atomic E-state index is 0.00375. The molecule has 0 atom stereocenters. The van der Waals surface area contributed by atoms with E-state index in [1.807, 2.05) is 6.92 Å². The highest BCUT2D eigenvalue weighted by atomic mass is 19.1. The average Bonchev–Trinajstić information content (AvgIpc) is 2.47. The second-order valence-corrected chi connectivity index (χ2v) is 5.93. The van der Waals surface area contributed by atoms with E-state index in [1.165, 1.54) is 0 Å². The summed E-state index contributed by atoms with van der Waals surface area (Å²) in [6.07, 6.45) is 3.44. The quantitative estimate of drug-likeness (QED) is 0.782. The Morgan fingerprint density at radius 3 is 2.48 bits per heavy atom. The van der Waals surface area contributed by atoms with E-state index in [9.17, 15) is 13.9 Å². The second kappa shape index (κ2) is 6.56. The Morgan fingerprint density at radius 2 is 1.90 bits per heavy atom. The molecule has 1 aromatic heterocycles. The van der Waals surface area contributed by atoms with Crippen molar-refractivity contribution in [1.82, 2.24) is 4.98 Å². The first-order valence-corrected chi connectivity index (χ1v) is 7.48. The molecule has 1 heterocycles. The normalized spacial score (nSPS) is 25.7. The molecule has 4 nitrogen and oxygen atoms in total. The molecule has 1 aliphatic rings. The topological polar surface area (TPSA) is 57.2 Å². The van der Waals surface area contributed by atoms with Crippen molar-refractivity contribution in [3.05, 3.63) is 17.7 Å². The van der Waals surface area contributed by atoms with E-state index in [4.69, 9.17) is 0 Å². The van der Waals surface area contributed by atoms with Crippen LogP contribution in [-0.4, -0.2) is 28.8 Å². The predicted molar refractivity (Wildman–Crippen MR) is 79.4 cm³/mol. The van der Waals surface area contributed by atoms with Crippen LogP contribution >= 0.6 is 0 Å². The van der Waals surface area contributed by atoms with E-state index >= 15 is 0 Å². The van der Waals surface area contributed by atoms with Gasteiger partial charge in [-0.25, -0.2) is 13.8 Å². The zero-order valence-corrected chi connectivity index (χ0v) is 12.5. The minimum Gasteiger partial charge on any atom is -0.394 e. The lowest BCUT2D eigenvalue weighted by molar-refractivity contribution is 0.154. The molecule has 3 N–H and O–H groups in total. The van der Waals surface area contributed by atoms with Crippen LogP contribution in [0.5, 0.6) is 0 Å². The van der Waals surface area contributed by atoms with Gasteiger partial charge in [-0.15, -0.1) is 0 Å². The maximum atomic E-state index is 13.9. The third kappa shape index (κ3) is 3.61. The Labute approximate surface area is 124 Å². The lowest BCUT2D eigenvalue weighted by Crippen LogP contribution is -2.45. The van der Waals surface area contributed by atoms with Crippen molar-refractivity contribution in [2.75, 3.05) is 23.8 Å². The second-order valence-electron chi connectivity index (χ2n) is 5.93. The molecule has 118 valence electrons. The molecule has 0 bridgehead atoms. The van der Waals surface area contributed by atoms with Crippen LogP contribution in [-0.2, 0) is 0 Å². The van der Waals surface area contributed by atoms with Gasteiger partial charge >= 0.3 is 0 Å². The molecule has 21 heavy (non-hydrogen) atoms.